The van der Waals surface area contributed by atoms with Gasteiger partial charge >= 0.3 is 0 Å². The van der Waals surface area contributed by atoms with Crippen molar-refractivity contribution in [1.29, 1.82) is 0 Å². The summed E-state index contributed by atoms with van der Waals surface area (Å²) in [5.41, 5.74) is 0.695. The molecular formula is C19H35NO2Si2. The molecule has 0 atom stereocenters. The Kier molecular flexibility index (Phi) is 5.96. The lowest BCUT2D eigenvalue weighted by atomic mass is 10.2. The highest BCUT2D eigenvalue weighted by molar-refractivity contribution is 6.81. The molecule has 0 unspecified atom stereocenters. The van der Waals surface area contributed by atoms with Gasteiger partial charge in [0.05, 0.1) is 0 Å². The maximum atomic E-state index is 13.3. The summed E-state index contributed by atoms with van der Waals surface area (Å²) in [6, 6.07) is 9.49. The molecule has 1 amide bonds. The predicted octanol–water partition coefficient (Wildman–Crippen LogP) is 6.07. The summed E-state index contributed by atoms with van der Waals surface area (Å²) in [7, 11) is -4.28. The molecule has 0 spiro atoms. The van der Waals surface area contributed by atoms with E-state index in [0.717, 1.165) is 0 Å². The van der Waals surface area contributed by atoms with E-state index >= 15 is 0 Å². The quantitative estimate of drug-likeness (QED) is 0.478. The molecule has 0 aromatic heterocycles. The van der Waals surface area contributed by atoms with Crippen LogP contribution in [0.2, 0.25) is 36.3 Å². The van der Waals surface area contributed by atoms with Gasteiger partial charge in [0.2, 0.25) is 8.32 Å². The van der Waals surface area contributed by atoms with Crippen LogP contribution in [0, 0.1) is 0 Å². The van der Waals surface area contributed by atoms with Crippen molar-refractivity contribution >= 4 is 22.5 Å². The second-order valence-corrected chi connectivity index (χ2v) is 19.4. The molecule has 0 bridgehead atoms. The van der Waals surface area contributed by atoms with Crippen molar-refractivity contribution in [2.24, 2.45) is 0 Å². The third-order valence-electron chi connectivity index (χ3n) is 5.67. The molecular weight excluding hydrogens is 330 g/mol. The normalized spacial score (nSPS) is 13.8. The molecule has 24 heavy (non-hydrogen) atoms. The van der Waals surface area contributed by atoms with E-state index in [0.29, 0.717) is 5.56 Å². The van der Waals surface area contributed by atoms with Gasteiger partial charge in [-0.15, -0.1) is 0 Å². The zero-order chi connectivity index (χ0) is 19.0. The number of rotatable bonds is 4. The highest BCUT2D eigenvalue weighted by Crippen LogP contribution is 2.43. The average Bonchev–Trinajstić information content (AvgIpc) is 2.42. The molecule has 0 saturated carbocycles. The van der Waals surface area contributed by atoms with Gasteiger partial charge in [-0.1, -0.05) is 59.7 Å². The van der Waals surface area contributed by atoms with Crippen LogP contribution in [-0.4, -0.2) is 27.2 Å². The standard InChI is InChI=1S/C19H35NO2Si2/c1-18(2,3)23(7,8)20(22-24(9,10)19(4,5)6)17(21)16-14-12-11-13-15-16/h11-15H,1-10H3. The van der Waals surface area contributed by atoms with Crippen LogP contribution in [0.5, 0.6) is 0 Å². The monoisotopic (exact) mass is 365 g/mol. The summed E-state index contributed by atoms with van der Waals surface area (Å²) in [6.07, 6.45) is 0. The van der Waals surface area contributed by atoms with Gasteiger partial charge in [-0.3, -0.25) is 9.52 Å². The van der Waals surface area contributed by atoms with Crippen LogP contribution in [0.25, 0.3) is 0 Å². The number of carbonyl (C=O) groups excluding carboxylic acids is 1. The summed E-state index contributed by atoms with van der Waals surface area (Å²) < 4.78 is 8.39. The Balaban J connectivity index is 3.36. The molecule has 0 aliphatic rings. The molecule has 0 heterocycles. The van der Waals surface area contributed by atoms with E-state index in [-0.39, 0.29) is 16.0 Å². The zero-order valence-corrected chi connectivity index (χ0v) is 19.2. The van der Waals surface area contributed by atoms with Crippen LogP contribution >= 0.6 is 0 Å². The molecule has 0 aliphatic heterocycles. The Morgan fingerprint density at radius 2 is 1.33 bits per heavy atom. The SMILES string of the molecule is CC(C)(C)[Si](C)(C)ON(C(=O)c1ccccc1)[Si](C)(C)C(C)(C)C. The minimum absolute atomic E-state index is 0.00739. The number of hydrogen-bond donors (Lipinski definition) is 0. The smallest absolute Gasteiger partial charge is 0.268 e. The first-order valence-corrected chi connectivity index (χ1v) is 14.6. The number of nitrogens with zero attached hydrogens (tertiary/aromatic N) is 1. The first-order chi connectivity index (χ1) is 10.6. The van der Waals surface area contributed by atoms with E-state index in [2.05, 4.69) is 67.7 Å². The van der Waals surface area contributed by atoms with Gasteiger partial charge in [0.1, 0.15) is 0 Å². The van der Waals surface area contributed by atoms with Gasteiger partial charge < -0.3 is 4.53 Å². The fraction of sp³-hybridized carbons (Fsp3) is 0.632. The Morgan fingerprint density at radius 3 is 1.71 bits per heavy atom. The molecule has 5 heteroatoms. The molecule has 136 valence electrons. The van der Waals surface area contributed by atoms with Crippen molar-refractivity contribution in [1.82, 2.24) is 4.73 Å². The maximum Gasteiger partial charge on any atom is 0.268 e. The van der Waals surface area contributed by atoms with Gasteiger partial charge in [0.25, 0.3) is 5.91 Å². The van der Waals surface area contributed by atoms with Crippen LogP contribution in [0.3, 0.4) is 0 Å². The topological polar surface area (TPSA) is 29.5 Å². The molecule has 1 rings (SSSR count). The Bertz CT molecular complexity index is 569. The van der Waals surface area contributed by atoms with Gasteiger partial charge in [-0.25, -0.2) is 0 Å². The molecule has 0 fully saturated rings. The average molecular weight is 366 g/mol. The van der Waals surface area contributed by atoms with E-state index < -0.39 is 16.6 Å². The summed E-state index contributed by atoms with van der Waals surface area (Å²) in [4.78, 5) is 13.3. The number of benzene rings is 1. The fourth-order valence-corrected chi connectivity index (χ4v) is 5.43. The lowest BCUT2D eigenvalue weighted by Gasteiger charge is -2.49. The fourth-order valence-electron chi connectivity index (χ4n) is 1.78. The lowest BCUT2D eigenvalue weighted by molar-refractivity contribution is 0.00612. The summed E-state index contributed by atoms with van der Waals surface area (Å²) in [6.45, 7) is 22.1. The number of hydrogen-bond acceptors (Lipinski definition) is 2. The molecule has 0 aliphatic carbocycles. The van der Waals surface area contributed by atoms with Gasteiger partial charge in [0, 0.05) is 5.56 Å². The number of amides is 1. The first kappa shape index (κ1) is 21.1. The zero-order valence-electron chi connectivity index (χ0n) is 17.2. The van der Waals surface area contributed by atoms with Crippen molar-refractivity contribution in [3.63, 3.8) is 0 Å². The third-order valence-corrected chi connectivity index (χ3v) is 15.1. The summed E-state index contributed by atoms with van der Waals surface area (Å²) >= 11 is 0. The Morgan fingerprint density at radius 1 is 0.875 bits per heavy atom. The first-order valence-electron chi connectivity index (χ1n) is 8.70. The van der Waals surface area contributed by atoms with Gasteiger partial charge in [-0.2, -0.15) is 0 Å². The third kappa shape index (κ3) is 4.38. The van der Waals surface area contributed by atoms with Crippen molar-refractivity contribution in [3.05, 3.63) is 35.9 Å². The molecule has 0 N–H and O–H groups in total. The van der Waals surface area contributed by atoms with Gasteiger partial charge in [0.15, 0.2) is 8.24 Å². The maximum absolute atomic E-state index is 13.3. The second kappa shape index (κ2) is 6.77. The van der Waals surface area contributed by atoms with Gasteiger partial charge in [-0.05, 0) is 48.4 Å². The molecule has 1 aromatic carbocycles. The molecule has 0 radical (unpaired) electrons. The minimum Gasteiger partial charge on any atom is -0.325 e. The van der Waals surface area contributed by atoms with Crippen molar-refractivity contribution in [3.8, 4) is 0 Å². The van der Waals surface area contributed by atoms with E-state index in [4.69, 9.17) is 4.53 Å². The predicted molar refractivity (Wildman–Crippen MR) is 108 cm³/mol. The Labute approximate surface area is 150 Å². The van der Waals surface area contributed by atoms with Crippen molar-refractivity contribution in [2.45, 2.75) is 77.8 Å². The van der Waals surface area contributed by atoms with E-state index in [1.807, 2.05) is 30.3 Å². The van der Waals surface area contributed by atoms with Crippen molar-refractivity contribution < 1.29 is 9.32 Å². The summed E-state index contributed by atoms with van der Waals surface area (Å²) in [5, 5.41) is 0.0599. The number of hydroxylamine groups is 1. The van der Waals surface area contributed by atoms with Crippen LogP contribution < -0.4 is 0 Å². The van der Waals surface area contributed by atoms with Crippen LogP contribution in [-0.2, 0) is 4.53 Å². The largest absolute Gasteiger partial charge is 0.325 e. The molecule has 1 aromatic rings. The molecule has 0 saturated heterocycles. The minimum atomic E-state index is -2.17. The van der Waals surface area contributed by atoms with Crippen LogP contribution in [0.15, 0.2) is 30.3 Å². The van der Waals surface area contributed by atoms with E-state index in [1.54, 1.807) is 4.73 Å². The second-order valence-electron chi connectivity index (χ2n) is 9.63. The highest BCUT2D eigenvalue weighted by Gasteiger charge is 2.49. The summed E-state index contributed by atoms with van der Waals surface area (Å²) in [5.74, 6) is -0.00739. The number of carbonyl (C=O) groups is 1. The van der Waals surface area contributed by atoms with Crippen LogP contribution in [0.1, 0.15) is 51.9 Å². The lowest BCUT2D eigenvalue weighted by Crippen LogP contribution is -2.62. The molecule has 3 nitrogen and oxygen atoms in total. The van der Waals surface area contributed by atoms with Crippen molar-refractivity contribution in [2.75, 3.05) is 0 Å². The van der Waals surface area contributed by atoms with E-state index in [1.165, 1.54) is 0 Å². The van der Waals surface area contributed by atoms with Crippen LogP contribution in [0.4, 0.5) is 0 Å². The highest BCUT2D eigenvalue weighted by atomic mass is 28.4. The van der Waals surface area contributed by atoms with E-state index in [9.17, 15) is 4.79 Å². The Hall–Kier alpha value is -0.916.